The summed E-state index contributed by atoms with van der Waals surface area (Å²) in [6.07, 6.45) is 2.27. The summed E-state index contributed by atoms with van der Waals surface area (Å²) in [6, 6.07) is 3.76. The first-order chi connectivity index (χ1) is 9.22. The van der Waals surface area contributed by atoms with E-state index in [2.05, 4.69) is 32.3 Å². The molecule has 6 nitrogen and oxygen atoms in total. The minimum absolute atomic E-state index is 0.332. The van der Waals surface area contributed by atoms with Gasteiger partial charge in [-0.3, -0.25) is 0 Å². The van der Waals surface area contributed by atoms with Crippen LogP contribution in [0.4, 0.5) is 0 Å². The lowest BCUT2D eigenvalue weighted by Gasteiger charge is -2.27. The molecule has 0 amide bonds. The van der Waals surface area contributed by atoms with Crippen molar-refractivity contribution in [2.75, 3.05) is 20.1 Å². The molecule has 100 valence electrons. The van der Waals surface area contributed by atoms with Crippen molar-refractivity contribution in [1.82, 2.24) is 25.2 Å². The minimum atomic E-state index is 0.332. The van der Waals surface area contributed by atoms with E-state index in [1.807, 2.05) is 19.1 Å². The van der Waals surface area contributed by atoms with Gasteiger partial charge in [0.05, 0.1) is 11.6 Å². The van der Waals surface area contributed by atoms with E-state index in [4.69, 9.17) is 4.52 Å². The van der Waals surface area contributed by atoms with E-state index in [9.17, 15) is 0 Å². The molecule has 1 aliphatic heterocycles. The predicted molar refractivity (Wildman–Crippen MR) is 69.5 cm³/mol. The molecule has 0 bridgehead atoms. The van der Waals surface area contributed by atoms with Crippen LogP contribution in [-0.2, 0) is 0 Å². The topological polar surface area (TPSA) is 67.9 Å². The summed E-state index contributed by atoms with van der Waals surface area (Å²) in [5.74, 6) is 1.57. The molecule has 0 saturated carbocycles. The molecule has 1 atom stereocenters. The average Bonchev–Trinajstić information content (AvgIpc) is 2.89. The first-order valence-corrected chi connectivity index (χ1v) is 6.55. The normalized spacial score (nSPS) is 20.6. The van der Waals surface area contributed by atoms with Gasteiger partial charge in [-0.15, -0.1) is 5.10 Å². The van der Waals surface area contributed by atoms with E-state index in [1.54, 1.807) is 0 Å². The van der Waals surface area contributed by atoms with Crippen molar-refractivity contribution in [2.45, 2.75) is 25.7 Å². The number of hydrogen-bond acceptors (Lipinski definition) is 6. The number of hydrogen-bond donors (Lipinski definition) is 0. The van der Waals surface area contributed by atoms with Crippen LogP contribution in [0.2, 0.25) is 0 Å². The highest BCUT2D eigenvalue weighted by molar-refractivity contribution is 5.46. The van der Waals surface area contributed by atoms with E-state index in [1.165, 1.54) is 6.42 Å². The Hall–Kier alpha value is -1.82. The Kier molecular flexibility index (Phi) is 3.25. The van der Waals surface area contributed by atoms with Gasteiger partial charge in [0.2, 0.25) is 11.7 Å². The maximum absolute atomic E-state index is 5.38. The smallest absolute Gasteiger partial charge is 0.231 e. The summed E-state index contributed by atoms with van der Waals surface area (Å²) in [5, 5.41) is 12.1. The maximum Gasteiger partial charge on any atom is 0.231 e. The number of likely N-dealkylation sites (N-methyl/N-ethyl adjacent to an activating group) is 1. The molecule has 0 aliphatic carbocycles. The fourth-order valence-corrected chi connectivity index (χ4v) is 2.39. The van der Waals surface area contributed by atoms with Crippen LogP contribution < -0.4 is 0 Å². The third-order valence-electron chi connectivity index (χ3n) is 3.44. The molecule has 0 aromatic carbocycles. The Bertz CT molecular complexity index is 550. The van der Waals surface area contributed by atoms with Crippen LogP contribution >= 0.6 is 0 Å². The van der Waals surface area contributed by atoms with Gasteiger partial charge in [-0.05, 0) is 45.5 Å². The Morgan fingerprint density at radius 1 is 1.32 bits per heavy atom. The predicted octanol–water partition coefficient (Wildman–Crippen LogP) is 1.64. The molecule has 0 unspecified atom stereocenters. The van der Waals surface area contributed by atoms with Gasteiger partial charge in [0, 0.05) is 6.54 Å². The number of aromatic nitrogens is 4. The second-order valence-corrected chi connectivity index (χ2v) is 5.12. The Balaban J connectivity index is 1.81. The van der Waals surface area contributed by atoms with Gasteiger partial charge in [0.1, 0.15) is 5.69 Å². The van der Waals surface area contributed by atoms with Crippen LogP contribution in [0.3, 0.4) is 0 Å². The number of aryl methyl sites for hydroxylation is 1. The van der Waals surface area contributed by atoms with E-state index >= 15 is 0 Å². The van der Waals surface area contributed by atoms with E-state index in [0.29, 0.717) is 23.3 Å². The molecule has 0 radical (unpaired) electrons. The summed E-state index contributed by atoms with van der Waals surface area (Å²) in [6.45, 7) is 4.01. The van der Waals surface area contributed by atoms with Gasteiger partial charge in [-0.1, -0.05) is 5.16 Å². The highest BCUT2D eigenvalue weighted by atomic mass is 16.5. The first kappa shape index (κ1) is 12.2. The van der Waals surface area contributed by atoms with Gasteiger partial charge >= 0.3 is 0 Å². The molecule has 1 saturated heterocycles. The zero-order valence-electron chi connectivity index (χ0n) is 11.2. The highest BCUT2D eigenvalue weighted by Gasteiger charge is 2.24. The summed E-state index contributed by atoms with van der Waals surface area (Å²) < 4.78 is 5.38. The van der Waals surface area contributed by atoms with Crippen LogP contribution in [0.5, 0.6) is 0 Å². The maximum atomic E-state index is 5.38. The van der Waals surface area contributed by atoms with Crippen molar-refractivity contribution >= 4 is 0 Å². The third-order valence-corrected chi connectivity index (χ3v) is 3.44. The van der Waals surface area contributed by atoms with Gasteiger partial charge < -0.3 is 9.42 Å². The lowest BCUT2D eigenvalue weighted by molar-refractivity contribution is 0.220. The number of piperidine rings is 1. The second-order valence-electron chi connectivity index (χ2n) is 5.12. The molecule has 19 heavy (non-hydrogen) atoms. The standard InChI is InChI=1S/C13H17N5O/c1-9-5-6-11(16-15-9)12-14-13(19-17-12)10-4-3-7-18(2)8-10/h5-6,10H,3-4,7-8H2,1-2H3/t10-/m0/s1. The molecular weight excluding hydrogens is 242 g/mol. The molecule has 3 rings (SSSR count). The monoisotopic (exact) mass is 259 g/mol. The zero-order chi connectivity index (χ0) is 13.2. The quantitative estimate of drug-likeness (QED) is 0.816. The van der Waals surface area contributed by atoms with Crippen LogP contribution in [-0.4, -0.2) is 45.4 Å². The Morgan fingerprint density at radius 3 is 2.95 bits per heavy atom. The van der Waals surface area contributed by atoms with Gasteiger partial charge in [0.25, 0.3) is 0 Å². The summed E-state index contributed by atoms with van der Waals surface area (Å²) in [4.78, 5) is 6.76. The fourth-order valence-electron chi connectivity index (χ4n) is 2.39. The molecule has 0 spiro atoms. The van der Waals surface area contributed by atoms with Crippen LogP contribution in [0.15, 0.2) is 16.7 Å². The van der Waals surface area contributed by atoms with Gasteiger partial charge in [0.15, 0.2) is 0 Å². The number of rotatable bonds is 2. The molecule has 1 aliphatic rings. The van der Waals surface area contributed by atoms with Crippen molar-refractivity contribution in [3.05, 3.63) is 23.7 Å². The molecule has 2 aromatic rings. The summed E-state index contributed by atoms with van der Waals surface area (Å²) >= 11 is 0. The zero-order valence-corrected chi connectivity index (χ0v) is 11.2. The van der Waals surface area contributed by atoms with Crippen molar-refractivity contribution in [1.29, 1.82) is 0 Å². The molecular formula is C13H17N5O. The van der Waals surface area contributed by atoms with E-state index in [0.717, 1.165) is 25.2 Å². The second kappa shape index (κ2) is 5.05. The summed E-state index contributed by atoms with van der Waals surface area (Å²) in [7, 11) is 2.12. The van der Waals surface area contributed by atoms with Crippen LogP contribution in [0, 0.1) is 6.92 Å². The van der Waals surface area contributed by atoms with E-state index < -0.39 is 0 Å². The largest absolute Gasteiger partial charge is 0.339 e. The third kappa shape index (κ3) is 2.63. The minimum Gasteiger partial charge on any atom is -0.339 e. The molecule has 0 N–H and O–H groups in total. The lowest BCUT2D eigenvalue weighted by atomic mass is 9.98. The average molecular weight is 259 g/mol. The van der Waals surface area contributed by atoms with Crippen LogP contribution in [0.25, 0.3) is 11.5 Å². The number of nitrogens with zero attached hydrogens (tertiary/aromatic N) is 5. The Morgan fingerprint density at radius 2 is 2.21 bits per heavy atom. The fraction of sp³-hybridized carbons (Fsp3) is 0.538. The van der Waals surface area contributed by atoms with Crippen molar-refractivity contribution < 1.29 is 4.52 Å². The first-order valence-electron chi connectivity index (χ1n) is 6.55. The molecule has 6 heteroatoms. The van der Waals surface area contributed by atoms with Crippen molar-refractivity contribution in [3.63, 3.8) is 0 Å². The number of likely N-dealkylation sites (tertiary alicyclic amines) is 1. The van der Waals surface area contributed by atoms with Crippen LogP contribution in [0.1, 0.15) is 30.3 Å². The molecule has 1 fully saturated rings. The van der Waals surface area contributed by atoms with Crippen molar-refractivity contribution in [2.24, 2.45) is 0 Å². The highest BCUT2D eigenvalue weighted by Crippen LogP contribution is 2.26. The van der Waals surface area contributed by atoms with Crippen molar-refractivity contribution in [3.8, 4) is 11.5 Å². The SMILES string of the molecule is Cc1ccc(-c2noc([C@H]3CCCN(C)C3)n2)nn1. The van der Waals surface area contributed by atoms with E-state index in [-0.39, 0.29) is 0 Å². The van der Waals surface area contributed by atoms with Gasteiger partial charge in [-0.25, -0.2) is 0 Å². The molecule has 2 aromatic heterocycles. The Labute approximate surface area is 111 Å². The summed E-state index contributed by atoms with van der Waals surface area (Å²) in [5.41, 5.74) is 1.53. The van der Waals surface area contributed by atoms with Gasteiger partial charge in [-0.2, -0.15) is 10.1 Å². The lowest BCUT2D eigenvalue weighted by Crippen LogP contribution is -2.30. The molecule has 3 heterocycles.